The molecule has 0 amide bonds. The third-order valence-corrected chi connectivity index (χ3v) is 5.53. The number of pyridine rings is 1. The molecule has 0 aliphatic heterocycles. The molecule has 0 unspecified atom stereocenters. The Morgan fingerprint density at radius 1 is 1.04 bits per heavy atom. The van der Waals surface area contributed by atoms with Crippen molar-refractivity contribution >= 4 is 10.0 Å². The topological polar surface area (TPSA) is 77.2 Å². The predicted molar refractivity (Wildman–Crippen MR) is 94.2 cm³/mol. The van der Waals surface area contributed by atoms with Crippen LogP contribution in [0.4, 0.5) is 0 Å². The fourth-order valence-corrected chi connectivity index (χ4v) is 3.26. The summed E-state index contributed by atoms with van der Waals surface area (Å²) in [4.78, 5) is 12.1. The molecule has 1 aromatic carbocycles. The molecule has 0 spiro atoms. The molecule has 0 saturated carbocycles. The molecule has 3 rings (SSSR count). The van der Waals surface area contributed by atoms with Crippen molar-refractivity contribution in [3.63, 3.8) is 0 Å². The lowest BCUT2D eigenvalue weighted by atomic mass is 10.3. The summed E-state index contributed by atoms with van der Waals surface area (Å²) in [5, 5.41) is 4.44. The number of rotatable bonds is 5. The van der Waals surface area contributed by atoms with Gasteiger partial charge in [-0.2, -0.15) is 5.10 Å². The van der Waals surface area contributed by atoms with Crippen LogP contribution in [0, 0.1) is 0 Å². The molecular weight excluding hydrogens is 340 g/mol. The minimum atomic E-state index is -3.60. The van der Waals surface area contributed by atoms with Gasteiger partial charge >= 0.3 is 0 Å². The van der Waals surface area contributed by atoms with Gasteiger partial charge in [0.2, 0.25) is 10.0 Å². The third kappa shape index (κ3) is 3.54. The highest BCUT2D eigenvalue weighted by Gasteiger charge is 2.18. The van der Waals surface area contributed by atoms with Crippen LogP contribution in [0.3, 0.4) is 0 Å². The van der Waals surface area contributed by atoms with Crippen molar-refractivity contribution in [3.05, 3.63) is 77.0 Å². The first-order valence-electron chi connectivity index (χ1n) is 7.61. The maximum Gasteiger partial charge on any atom is 0.250 e. The molecule has 0 saturated heterocycles. The quantitative estimate of drug-likeness (QED) is 0.689. The second-order valence-corrected chi connectivity index (χ2v) is 7.86. The number of hydrogen-bond acceptors (Lipinski definition) is 4. The van der Waals surface area contributed by atoms with E-state index < -0.39 is 10.0 Å². The first-order valence-corrected chi connectivity index (χ1v) is 9.05. The highest BCUT2D eigenvalue weighted by atomic mass is 32.2. The molecule has 0 N–H and O–H groups in total. The average Bonchev–Trinajstić information content (AvgIpc) is 3.06. The fraction of sp³-hybridized carbons (Fsp3) is 0.176. The summed E-state index contributed by atoms with van der Waals surface area (Å²) in [6, 6.07) is 14.0. The van der Waals surface area contributed by atoms with Crippen LogP contribution in [-0.4, -0.2) is 41.2 Å². The molecule has 25 heavy (non-hydrogen) atoms. The van der Waals surface area contributed by atoms with Crippen LogP contribution in [0.5, 0.6) is 0 Å². The van der Waals surface area contributed by atoms with Crippen molar-refractivity contribution in [1.82, 2.24) is 18.7 Å². The lowest BCUT2D eigenvalue weighted by molar-refractivity contribution is 0.519. The zero-order valence-corrected chi connectivity index (χ0v) is 14.7. The van der Waals surface area contributed by atoms with Crippen molar-refractivity contribution < 1.29 is 8.42 Å². The lowest BCUT2D eigenvalue weighted by Crippen LogP contribution is -2.26. The average molecular weight is 358 g/mol. The van der Waals surface area contributed by atoms with E-state index in [0.29, 0.717) is 5.69 Å². The Bertz CT molecular complexity index is 1040. The highest BCUT2D eigenvalue weighted by molar-refractivity contribution is 7.89. The molecule has 0 bridgehead atoms. The van der Waals surface area contributed by atoms with E-state index in [-0.39, 0.29) is 17.0 Å². The molecular formula is C17H18N4O3S. The van der Waals surface area contributed by atoms with Gasteiger partial charge in [0.25, 0.3) is 5.56 Å². The SMILES string of the molecule is CN(C)S(=O)(=O)c1ccc(=O)n(Cc2ccn(-c3ccccc3)n2)c1. The van der Waals surface area contributed by atoms with Crippen LogP contribution in [-0.2, 0) is 16.6 Å². The van der Waals surface area contributed by atoms with Gasteiger partial charge < -0.3 is 4.57 Å². The van der Waals surface area contributed by atoms with Crippen LogP contribution in [0.2, 0.25) is 0 Å². The third-order valence-electron chi connectivity index (χ3n) is 3.73. The Morgan fingerprint density at radius 3 is 2.44 bits per heavy atom. The summed E-state index contributed by atoms with van der Waals surface area (Å²) in [5.74, 6) is 0. The molecule has 0 atom stereocenters. The molecule has 0 aliphatic carbocycles. The van der Waals surface area contributed by atoms with Gasteiger partial charge in [0, 0.05) is 32.6 Å². The fourth-order valence-electron chi connectivity index (χ4n) is 2.34. The second-order valence-electron chi connectivity index (χ2n) is 5.71. The van der Waals surface area contributed by atoms with E-state index in [0.717, 1.165) is 9.99 Å². The van der Waals surface area contributed by atoms with E-state index in [9.17, 15) is 13.2 Å². The van der Waals surface area contributed by atoms with E-state index in [4.69, 9.17) is 0 Å². The molecule has 2 aromatic heterocycles. The molecule has 0 aliphatic rings. The van der Waals surface area contributed by atoms with Crippen molar-refractivity contribution in [2.45, 2.75) is 11.4 Å². The van der Waals surface area contributed by atoms with Gasteiger partial charge in [0.1, 0.15) is 0 Å². The molecule has 3 aromatic rings. The van der Waals surface area contributed by atoms with E-state index in [1.54, 1.807) is 16.9 Å². The van der Waals surface area contributed by atoms with Crippen molar-refractivity contribution in [3.8, 4) is 5.69 Å². The van der Waals surface area contributed by atoms with Gasteiger partial charge in [-0.1, -0.05) is 18.2 Å². The Hall–Kier alpha value is -2.71. The maximum atomic E-state index is 12.2. The van der Waals surface area contributed by atoms with Gasteiger partial charge in [-0.3, -0.25) is 4.79 Å². The molecule has 0 radical (unpaired) electrons. The number of hydrogen-bond donors (Lipinski definition) is 0. The van der Waals surface area contributed by atoms with Gasteiger partial charge in [-0.25, -0.2) is 17.4 Å². The van der Waals surface area contributed by atoms with Gasteiger partial charge in [-0.15, -0.1) is 0 Å². The summed E-state index contributed by atoms with van der Waals surface area (Å²) in [7, 11) is -0.697. The van der Waals surface area contributed by atoms with Crippen LogP contribution in [0.15, 0.2) is 70.6 Å². The van der Waals surface area contributed by atoms with Crippen LogP contribution in [0.25, 0.3) is 5.69 Å². The Balaban J connectivity index is 1.91. The van der Waals surface area contributed by atoms with Crippen molar-refractivity contribution in [2.75, 3.05) is 14.1 Å². The van der Waals surface area contributed by atoms with Crippen molar-refractivity contribution in [2.24, 2.45) is 0 Å². The smallest absolute Gasteiger partial charge is 0.250 e. The monoisotopic (exact) mass is 358 g/mol. The summed E-state index contributed by atoms with van der Waals surface area (Å²) >= 11 is 0. The first kappa shape index (κ1) is 17.1. The maximum absolute atomic E-state index is 12.2. The van der Waals surface area contributed by atoms with Crippen LogP contribution in [0.1, 0.15) is 5.69 Å². The largest absolute Gasteiger partial charge is 0.308 e. The van der Waals surface area contributed by atoms with E-state index in [2.05, 4.69) is 5.10 Å². The van der Waals surface area contributed by atoms with Crippen molar-refractivity contribution in [1.29, 1.82) is 0 Å². The Labute approximate surface area is 145 Å². The zero-order chi connectivity index (χ0) is 18.0. The van der Waals surface area contributed by atoms with E-state index in [1.807, 2.05) is 30.3 Å². The summed E-state index contributed by atoms with van der Waals surface area (Å²) in [5.41, 5.74) is 1.28. The van der Waals surface area contributed by atoms with Gasteiger partial charge in [-0.05, 0) is 24.3 Å². The number of aromatic nitrogens is 3. The minimum absolute atomic E-state index is 0.0691. The molecule has 7 nitrogen and oxygen atoms in total. The number of benzene rings is 1. The molecule has 0 fully saturated rings. The van der Waals surface area contributed by atoms with E-state index >= 15 is 0 Å². The first-order chi connectivity index (χ1) is 11.9. The van der Waals surface area contributed by atoms with Crippen LogP contribution >= 0.6 is 0 Å². The second kappa shape index (κ2) is 6.66. The molecule has 130 valence electrons. The Morgan fingerprint density at radius 2 is 1.76 bits per heavy atom. The number of para-hydroxylation sites is 1. The minimum Gasteiger partial charge on any atom is -0.308 e. The highest BCUT2D eigenvalue weighted by Crippen LogP contribution is 2.12. The zero-order valence-electron chi connectivity index (χ0n) is 13.9. The van der Waals surface area contributed by atoms with E-state index in [1.165, 1.54) is 37.0 Å². The van der Waals surface area contributed by atoms with Gasteiger partial charge in [0.15, 0.2) is 0 Å². The normalized spacial score (nSPS) is 11.8. The Kier molecular flexibility index (Phi) is 4.56. The van der Waals surface area contributed by atoms with Gasteiger partial charge in [0.05, 0.1) is 22.8 Å². The number of sulfonamides is 1. The molecule has 8 heteroatoms. The molecule has 2 heterocycles. The lowest BCUT2D eigenvalue weighted by Gasteiger charge is -2.12. The predicted octanol–water partition coefficient (Wildman–Crippen LogP) is 1.33. The summed E-state index contributed by atoms with van der Waals surface area (Å²) in [6.45, 7) is 0.190. The van der Waals surface area contributed by atoms with Crippen LogP contribution < -0.4 is 5.56 Å². The summed E-state index contributed by atoms with van der Waals surface area (Å²) < 4.78 is 28.6. The standard InChI is InChI=1S/C17H18N4O3S/c1-19(2)25(23,24)16-8-9-17(22)20(13-16)12-14-10-11-21(18-14)15-6-4-3-5-7-15/h3-11,13H,12H2,1-2H3. The number of nitrogens with zero attached hydrogens (tertiary/aromatic N) is 4. The summed E-state index contributed by atoms with van der Waals surface area (Å²) in [6.07, 6.45) is 3.15.